The first kappa shape index (κ1) is 26.6. The first-order valence-electron chi connectivity index (χ1n) is 12.4. The Labute approximate surface area is 213 Å². The Balaban J connectivity index is 1.62. The highest BCUT2D eigenvalue weighted by Crippen LogP contribution is 2.36. The maximum Gasteiger partial charge on any atom is 0.272 e. The molecule has 2 aliphatic rings. The van der Waals surface area contributed by atoms with Crippen LogP contribution in [0.1, 0.15) is 48.7 Å². The predicted octanol–water partition coefficient (Wildman–Crippen LogP) is 1.43. The van der Waals surface area contributed by atoms with E-state index in [0.717, 1.165) is 5.56 Å². The molecule has 1 unspecified atom stereocenters. The minimum atomic E-state index is -3.87. The third-order valence-electron chi connectivity index (χ3n) is 7.24. The molecule has 0 radical (unpaired) electrons. The maximum absolute atomic E-state index is 13.1. The van der Waals surface area contributed by atoms with E-state index in [1.54, 1.807) is 42.3 Å². The lowest BCUT2D eigenvalue weighted by Crippen LogP contribution is -2.51. The van der Waals surface area contributed by atoms with Gasteiger partial charge >= 0.3 is 0 Å². The van der Waals surface area contributed by atoms with Crippen molar-refractivity contribution in [3.63, 3.8) is 0 Å². The maximum atomic E-state index is 13.1. The topological polar surface area (TPSA) is 117 Å². The van der Waals surface area contributed by atoms with Crippen LogP contribution < -0.4 is 9.46 Å². The lowest BCUT2D eigenvalue weighted by atomic mass is 9.78. The highest BCUT2D eigenvalue weighted by atomic mass is 32.2. The van der Waals surface area contributed by atoms with Crippen LogP contribution in [-0.2, 0) is 17.1 Å². The van der Waals surface area contributed by atoms with Gasteiger partial charge in [-0.05, 0) is 43.5 Å². The van der Waals surface area contributed by atoms with Gasteiger partial charge in [-0.25, -0.2) is 18.1 Å². The number of ether oxygens (including phenoxy) is 1. The van der Waals surface area contributed by atoms with Gasteiger partial charge in [-0.3, -0.25) is 4.79 Å². The summed E-state index contributed by atoms with van der Waals surface area (Å²) in [6.45, 7) is 6.41. The number of likely N-dealkylation sites (N-methyl/N-ethyl adjacent to an activating group) is 1. The molecule has 198 valence electrons. The number of rotatable bonds is 2. The number of amides is 1. The summed E-state index contributed by atoms with van der Waals surface area (Å²) < 4.78 is 36.7. The van der Waals surface area contributed by atoms with Crippen LogP contribution in [0.25, 0.3) is 0 Å². The quantitative estimate of drug-likeness (QED) is 0.617. The number of aliphatic hydroxyl groups is 1. The van der Waals surface area contributed by atoms with E-state index in [1.807, 2.05) is 30.7 Å². The van der Waals surface area contributed by atoms with E-state index in [-0.39, 0.29) is 28.7 Å². The molecule has 1 aromatic carbocycles. The van der Waals surface area contributed by atoms with Crippen molar-refractivity contribution >= 4 is 15.9 Å². The van der Waals surface area contributed by atoms with E-state index >= 15 is 0 Å². The van der Waals surface area contributed by atoms with Gasteiger partial charge in [0.15, 0.2) is 0 Å². The molecular formula is C25H37N5O5S. The Kier molecular flexibility index (Phi) is 7.75. The van der Waals surface area contributed by atoms with Crippen molar-refractivity contribution < 1.29 is 23.1 Å². The molecule has 0 bridgehead atoms. The summed E-state index contributed by atoms with van der Waals surface area (Å²) in [6.07, 6.45) is 3.74. The predicted molar refractivity (Wildman–Crippen MR) is 135 cm³/mol. The molecule has 10 nitrogen and oxygen atoms in total. The number of sulfonamides is 1. The third kappa shape index (κ3) is 5.74. The minimum absolute atomic E-state index is 0.0493. The molecule has 2 aliphatic heterocycles. The smallest absolute Gasteiger partial charge is 0.272 e. The molecule has 11 heteroatoms. The number of benzene rings is 1. The summed E-state index contributed by atoms with van der Waals surface area (Å²) in [5.74, 6) is 0.477. The Hall–Kier alpha value is -2.47. The molecular weight excluding hydrogens is 482 g/mol. The molecule has 1 saturated heterocycles. The van der Waals surface area contributed by atoms with Crippen molar-refractivity contribution in [2.75, 3.05) is 46.4 Å². The number of hydrogen-bond donors (Lipinski definition) is 2. The average molecular weight is 520 g/mol. The van der Waals surface area contributed by atoms with Gasteiger partial charge < -0.3 is 24.2 Å². The van der Waals surface area contributed by atoms with Crippen LogP contribution in [0.3, 0.4) is 0 Å². The van der Waals surface area contributed by atoms with Crippen molar-refractivity contribution in [2.45, 2.75) is 43.6 Å². The molecule has 3 heterocycles. The zero-order valence-electron chi connectivity index (χ0n) is 21.5. The lowest BCUT2D eigenvalue weighted by Gasteiger charge is -2.44. The Morgan fingerprint density at radius 3 is 2.61 bits per heavy atom. The molecule has 1 aromatic heterocycles. The summed E-state index contributed by atoms with van der Waals surface area (Å²) in [7, 11) is -0.145. The van der Waals surface area contributed by atoms with Crippen LogP contribution >= 0.6 is 0 Å². The van der Waals surface area contributed by atoms with Gasteiger partial charge in [-0.1, -0.05) is 19.9 Å². The second-order valence-corrected chi connectivity index (χ2v) is 12.3. The van der Waals surface area contributed by atoms with Crippen LogP contribution in [0.5, 0.6) is 5.75 Å². The molecule has 36 heavy (non-hydrogen) atoms. The van der Waals surface area contributed by atoms with E-state index in [4.69, 9.17) is 4.74 Å². The second kappa shape index (κ2) is 10.5. The highest BCUT2D eigenvalue weighted by Gasteiger charge is 2.39. The number of β-amino-alcohol motifs (C(OH)–C–C–N with tert-alkyl or cyclic N) is 1. The van der Waals surface area contributed by atoms with Gasteiger partial charge in [0, 0.05) is 45.2 Å². The fourth-order valence-corrected chi connectivity index (χ4v) is 6.25. The van der Waals surface area contributed by atoms with Gasteiger partial charge in [0.05, 0.1) is 25.2 Å². The monoisotopic (exact) mass is 519 g/mol. The molecule has 4 rings (SSSR count). The van der Waals surface area contributed by atoms with Crippen LogP contribution in [0.4, 0.5) is 0 Å². The molecule has 0 saturated carbocycles. The third-order valence-corrected chi connectivity index (χ3v) is 8.70. The zero-order chi connectivity index (χ0) is 26.1. The number of fused-ring (bicyclic) bond motifs is 1. The van der Waals surface area contributed by atoms with Crippen LogP contribution in [0.2, 0.25) is 0 Å². The number of carbonyl (C=O) groups excluding carboxylic acids is 1. The van der Waals surface area contributed by atoms with Gasteiger partial charge in [0.2, 0.25) is 10.0 Å². The Bertz CT molecular complexity index is 1190. The number of nitrogens with zero attached hydrogens (tertiary/aromatic N) is 4. The number of hydrogen-bond acceptors (Lipinski definition) is 7. The summed E-state index contributed by atoms with van der Waals surface area (Å²) in [6, 6.07) is 5.19. The van der Waals surface area contributed by atoms with Crippen LogP contribution in [-0.4, -0.2) is 91.3 Å². The summed E-state index contributed by atoms with van der Waals surface area (Å²) in [5, 5.41) is 10.5. The lowest BCUT2D eigenvalue weighted by molar-refractivity contribution is 0.0156. The minimum Gasteiger partial charge on any atom is -0.492 e. The summed E-state index contributed by atoms with van der Waals surface area (Å²) in [5.41, 5.74) is 1.23. The zero-order valence-corrected chi connectivity index (χ0v) is 22.3. The standard InChI is InChI=1S/C25H37N5O5S/c1-18(2)19-5-6-23-22(11-19)35-16-25(15-28(3)14-20(31)12-27-36(23,33)34)7-9-30(10-8-25)24(32)21-13-26-17-29(21)4/h5-6,11,13,17-18,20,27,31H,7-10,12,14-16H2,1-4H3. The number of carbonyl (C=O) groups is 1. The van der Waals surface area contributed by atoms with Crippen molar-refractivity contribution in [2.24, 2.45) is 12.5 Å². The molecule has 2 N–H and O–H groups in total. The number of piperidine rings is 1. The number of imidazole rings is 1. The number of aromatic nitrogens is 2. The fraction of sp³-hybridized carbons (Fsp3) is 0.600. The Morgan fingerprint density at radius 1 is 1.25 bits per heavy atom. The number of nitrogens with one attached hydrogen (secondary N) is 1. The highest BCUT2D eigenvalue weighted by molar-refractivity contribution is 7.89. The number of aliphatic hydroxyl groups excluding tert-OH is 1. The van der Waals surface area contributed by atoms with E-state index in [9.17, 15) is 18.3 Å². The van der Waals surface area contributed by atoms with Gasteiger partial charge in [-0.15, -0.1) is 0 Å². The number of likely N-dealkylation sites (tertiary alicyclic amines) is 1. The normalized spacial score (nSPS) is 22.9. The largest absolute Gasteiger partial charge is 0.492 e. The van der Waals surface area contributed by atoms with E-state index < -0.39 is 16.1 Å². The number of aryl methyl sites for hydroxylation is 1. The van der Waals surface area contributed by atoms with Crippen molar-refractivity contribution in [3.05, 3.63) is 42.0 Å². The first-order valence-corrected chi connectivity index (χ1v) is 13.9. The summed E-state index contributed by atoms with van der Waals surface area (Å²) >= 11 is 0. The van der Waals surface area contributed by atoms with E-state index in [0.29, 0.717) is 57.1 Å². The van der Waals surface area contributed by atoms with E-state index in [1.165, 1.54) is 0 Å². The molecule has 1 fully saturated rings. The first-order chi connectivity index (χ1) is 17.0. The summed E-state index contributed by atoms with van der Waals surface area (Å²) in [4.78, 5) is 21.0. The van der Waals surface area contributed by atoms with Gasteiger partial charge in [0.25, 0.3) is 5.91 Å². The molecule has 2 aromatic rings. The van der Waals surface area contributed by atoms with Crippen molar-refractivity contribution in [1.82, 2.24) is 24.1 Å². The molecule has 1 spiro atoms. The van der Waals surface area contributed by atoms with E-state index in [2.05, 4.69) is 9.71 Å². The average Bonchev–Trinajstić information content (AvgIpc) is 3.26. The van der Waals surface area contributed by atoms with Crippen molar-refractivity contribution in [3.8, 4) is 5.75 Å². The Morgan fingerprint density at radius 2 is 1.97 bits per heavy atom. The second-order valence-electron chi connectivity index (χ2n) is 10.5. The van der Waals surface area contributed by atoms with Gasteiger partial charge in [0.1, 0.15) is 16.3 Å². The van der Waals surface area contributed by atoms with Crippen molar-refractivity contribution in [1.29, 1.82) is 0 Å². The molecule has 0 aliphatic carbocycles. The van der Waals surface area contributed by atoms with Gasteiger partial charge in [-0.2, -0.15) is 0 Å². The SMILES string of the molecule is CC(C)c1ccc2c(c1)OCC1(CCN(C(=O)c3cncn3C)CC1)CN(C)CC(O)CNS2(=O)=O. The molecule has 1 atom stereocenters. The van der Waals surface area contributed by atoms with Crippen LogP contribution in [0, 0.1) is 5.41 Å². The van der Waals surface area contributed by atoms with Crippen LogP contribution in [0.15, 0.2) is 35.6 Å². The fourth-order valence-electron chi connectivity index (χ4n) is 5.05. The molecule has 1 amide bonds.